The van der Waals surface area contributed by atoms with E-state index < -0.39 is 0 Å². The lowest BCUT2D eigenvalue weighted by atomic mass is 9.61. The summed E-state index contributed by atoms with van der Waals surface area (Å²) in [6.07, 6.45) is 46.0. The van der Waals surface area contributed by atoms with Crippen molar-refractivity contribution in [3.8, 4) is 0 Å². The van der Waals surface area contributed by atoms with Crippen molar-refractivity contribution in [1.82, 2.24) is 0 Å². The standard InChI is InChI=1S/C35H71B/c1-3-35(36)32-28-24-20-16-12-8-6-4-5-7-10-14-18-22-26-30-34(2)31-27-23-19-15-11-9-13-17-21-25-29-33-35/h34H,3-33,36H2,1-2H3. The number of rotatable bonds is 1. The molecular formula is C35H71B. The topological polar surface area (TPSA) is 0 Å². The molecule has 0 aliphatic heterocycles. The molecule has 0 amide bonds. The minimum Gasteiger partial charge on any atom is -0.0655 e. The molecular weight excluding hydrogens is 431 g/mol. The van der Waals surface area contributed by atoms with E-state index in [0.29, 0.717) is 5.31 Å². The van der Waals surface area contributed by atoms with Gasteiger partial charge in [0, 0.05) is 0 Å². The SMILES string of the molecule is BC1(CC)CCCCCCCCCCCCCCCCCC(C)CCCCCCCCCCCCC1. The van der Waals surface area contributed by atoms with Crippen LogP contribution in [0.4, 0.5) is 0 Å². The van der Waals surface area contributed by atoms with E-state index in [1.165, 1.54) is 199 Å². The molecule has 0 heterocycles. The van der Waals surface area contributed by atoms with Gasteiger partial charge in [0.15, 0.2) is 0 Å². The molecule has 0 nitrogen and oxygen atoms in total. The van der Waals surface area contributed by atoms with E-state index >= 15 is 0 Å². The van der Waals surface area contributed by atoms with Crippen LogP contribution >= 0.6 is 0 Å². The van der Waals surface area contributed by atoms with E-state index in [1.807, 2.05) is 0 Å². The van der Waals surface area contributed by atoms with Crippen LogP contribution in [-0.2, 0) is 0 Å². The Balaban J connectivity index is 2.20. The molecule has 0 aromatic heterocycles. The normalized spacial score (nSPS) is 28.9. The summed E-state index contributed by atoms with van der Waals surface area (Å²) < 4.78 is 0. The Morgan fingerprint density at radius 2 is 0.639 bits per heavy atom. The molecule has 0 spiro atoms. The fraction of sp³-hybridized carbons (Fsp3) is 1.00. The Kier molecular flexibility index (Phi) is 24.0. The number of hydrogen-bond donors (Lipinski definition) is 0. The van der Waals surface area contributed by atoms with Crippen molar-refractivity contribution in [3.05, 3.63) is 0 Å². The van der Waals surface area contributed by atoms with Crippen molar-refractivity contribution in [1.29, 1.82) is 0 Å². The molecule has 2 atom stereocenters. The van der Waals surface area contributed by atoms with Crippen LogP contribution in [0.3, 0.4) is 0 Å². The second kappa shape index (κ2) is 25.3. The van der Waals surface area contributed by atoms with Crippen molar-refractivity contribution in [3.63, 3.8) is 0 Å². The lowest BCUT2D eigenvalue weighted by molar-refractivity contribution is 0.411. The third-order valence-corrected chi connectivity index (χ3v) is 9.81. The first-order chi connectivity index (χ1) is 17.7. The molecule has 0 radical (unpaired) electrons. The van der Waals surface area contributed by atoms with Gasteiger partial charge >= 0.3 is 0 Å². The fourth-order valence-corrected chi connectivity index (χ4v) is 6.60. The molecule has 1 aliphatic carbocycles. The summed E-state index contributed by atoms with van der Waals surface area (Å²) in [6.45, 7) is 4.95. The van der Waals surface area contributed by atoms with Crippen molar-refractivity contribution in [2.24, 2.45) is 5.92 Å². The molecule has 0 N–H and O–H groups in total. The Morgan fingerprint density at radius 1 is 0.417 bits per heavy atom. The van der Waals surface area contributed by atoms with Crippen LogP contribution in [0.5, 0.6) is 0 Å². The lowest BCUT2D eigenvalue weighted by Gasteiger charge is -2.28. The monoisotopic (exact) mass is 503 g/mol. The molecule has 2 unspecified atom stereocenters. The average Bonchev–Trinajstić information content (AvgIpc) is 2.88. The van der Waals surface area contributed by atoms with Crippen molar-refractivity contribution < 1.29 is 0 Å². The summed E-state index contributed by atoms with van der Waals surface area (Å²) in [7, 11) is 2.58. The molecule has 0 bridgehead atoms. The van der Waals surface area contributed by atoms with Gasteiger partial charge in [0.2, 0.25) is 0 Å². The highest BCUT2D eigenvalue weighted by molar-refractivity contribution is 6.15. The highest BCUT2D eigenvalue weighted by atomic mass is 14.2. The van der Waals surface area contributed by atoms with Crippen molar-refractivity contribution >= 4 is 7.85 Å². The summed E-state index contributed by atoms with van der Waals surface area (Å²) in [4.78, 5) is 0. The first kappa shape index (κ1) is 34.1. The van der Waals surface area contributed by atoms with E-state index in [2.05, 4.69) is 21.7 Å². The molecule has 0 aromatic carbocycles. The molecule has 0 aromatic rings. The van der Waals surface area contributed by atoms with Gasteiger partial charge in [-0.2, -0.15) is 0 Å². The predicted molar refractivity (Wildman–Crippen MR) is 169 cm³/mol. The predicted octanol–water partition coefficient (Wildman–Crippen LogP) is 12.5. The maximum Gasteiger partial charge on any atom is 0.109 e. The van der Waals surface area contributed by atoms with E-state index in [9.17, 15) is 0 Å². The summed E-state index contributed by atoms with van der Waals surface area (Å²) in [5, 5.41) is 0.621. The third kappa shape index (κ3) is 22.1. The van der Waals surface area contributed by atoms with E-state index in [0.717, 1.165) is 5.92 Å². The average molecular weight is 503 g/mol. The van der Waals surface area contributed by atoms with Crippen molar-refractivity contribution in [2.45, 2.75) is 218 Å². The van der Waals surface area contributed by atoms with Gasteiger partial charge in [0.1, 0.15) is 7.85 Å². The first-order valence-corrected chi connectivity index (χ1v) is 17.7. The second-order valence-electron chi connectivity index (χ2n) is 13.5. The molecule has 1 rings (SSSR count). The maximum atomic E-state index is 2.58. The van der Waals surface area contributed by atoms with Gasteiger partial charge in [-0.1, -0.05) is 218 Å². The van der Waals surface area contributed by atoms with Crippen LogP contribution in [0.25, 0.3) is 0 Å². The van der Waals surface area contributed by atoms with Crippen LogP contribution in [-0.4, -0.2) is 7.85 Å². The van der Waals surface area contributed by atoms with Gasteiger partial charge in [-0.3, -0.25) is 0 Å². The summed E-state index contributed by atoms with van der Waals surface area (Å²) in [5.74, 6) is 0.967. The fourth-order valence-electron chi connectivity index (χ4n) is 6.60. The molecule has 36 heavy (non-hydrogen) atoms. The zero-order valence-electron chi connectivity index (χ0n) is 26.0. The smallest absolute Gasteiger partial charge is 0.0655 e. The van der Waals surface area contributed by atoms with Gasteiger partial charge in [-0.05, 0) is 5.92 Å². The molecule has 1 saturated carbocycles. The minimum absolute atomic E-state index is 0.621. The van der Waals surface area contributed by atoms with Crippen LogP contribution < -0.4 is 0 Å². The number of hydrogen-bond acceptors (Lipinski definition) is 0. The highest BCUT2D eigenvalue weighted by Crippen LogP contribution is 2.39. The van der Waals surface area contributed by atoms with Crippen LogP contribution in [0.1, 0.15) is 213 Å². The molecule has 0 saturated heterocycles. The van der Waals surface area contributed by atoms with Gasteiger partial charge in [-0.25, -0.2) is 0 Å². The van der Waals surface area contributed by atoms with Crippen molar-refractivity contribution in [2.75, 3.05) is 0 Å². The van der Waals surface area contributed by atoms with Gasteiger partial charge in [0.25, 0.3) is 0 Å². The Labute approximate surface area is 231 Å². The van der Waals surface area contributed by atoms with E-state index in [4.69, 9.17) is 0 Å². The van der Waals surface area contributed by atoms with E-state index in [1.54, 1.807) is 0 Å². The first-order valence-electron chi connectivity index (χ1n) is 17.7. The zero-order chi connectivity index (χ0) is 26.0. The third-order valence-electron chi connectivity index (χ3n) is 9.81. The Hall–Kier alpha value is 0.0649. The second-order valence-corrected chi connectivity index (χ2v) is 13.5. The van der Waals surface area contributed by atoms with Crippen LogP contribution in [0.15, 0.2) is 0 Å². The quantitative estimate of drug-likeness (QED) is 0.313. The van der Waals surface area contributed by atoms with Gasteiger partial charge in [-0.15, -0.1) is 0 Å². The largest absolute Gasteiger partial charge is 0.109 e. The maximum absolute atomic E-state index is 2.58. The minimum atomic E-state index is 0.621. The van der Waals surface area contributed by atoms with Crippen LogP contribution in [0, 0.1) is 5.92 Å². The molecule has 1 fully saturated rings. The Bertz CT molecular complexity index is 432. The lowest BCUT2D eigenvalue weighted by Crippen LogP contribution is -2.12. The summed E-state index contributed by atoms with van der Waals surface area (Å²) in [6, 6.07) is 0. The highest BCUT2D eigenvalue weighted by Gasteiger charge is 2.20. The summed E-state index contributed by atoms with van der Waals surface area (Å²) in [5.41, 5.74) is 0. The van der Waals surface area contributed by atoms with Gasteiger partial charge < -0.3 is 0 Å². The molecule has 214 valence electrons. The Morgan fingerprint density at radius 3 is 0.889 bits per heavy atom. The molecule has 1 aliphatic rings. The summed E-state index contributed by atoms with van der Waals surface area (Å²) >= 11 is 0. The molecule has 1 heteroatoms. The van der Waals surface area contributed by atoms with Crippen LogP contribution in [0.2, 0.25) is 5.31 Å². The van der Waals surface area contributed by atoms with E-state index in [-0.39, 0.29) is 0 Å². The van der Waals surface area contributed by atoms with Gasteiger partial charge in [0.05, 0.1) is 0 Å². The zero-order valence-corrected chi connectivity index (χ0v) is 26.0.